The van der Waals surface area contributed by atoms with E-state index in [-0.39, 0.29) is 0 Å². The van der Waals surface area contributed by atoms with E-state index in [1.54, 1.807) is 6.08 Å². The average Bonchev–Trinajstić information content (AvgIpc) is 2.50. The van der Waals surface area contributed by atoms with Gasteiger partial charge in [-0.05, 0) is 12.8 Å². The number of carboxylic acids is 1. The van der Waals surface area contributed by atoms with Crippen molar-refractivity contribution in [1.29, 1.82) is 0 Å². The monoisotopic (exact) mass is 306 g/mol. The Labute approximate surface area is 137 Å². The van der Waals surface area contributed by atoms with Crippen LogP contribution >= 0.6 is 0 Å². The van der Waals surface area contributed by atoms with Gasteiger partial charge in [0.15, 0.2) is 0 Å². The Balaban J connectivity index is 3.21. The maximum atomic E-state index is 10.2. The summed E-state index contributed by atoms with van der Waals surface area (Å²) in [7, 11) is 0. The molecule has 1 N–H and O–H groups in total. The zero-order chi connectivity index (χ0) is 16.3. The third-order valence-electron chi connectivity index (χ3n) is 3.68. The average molecular weight is 306 g/mol. The first-order chi connectivity index (χ1) is 10.8. The van der Waals surface area contributed by atoms with Crippen LogP contribution in [0.15, 0.2) is 36.5 Å². The number of aliphatic carboxylic acids is 1. The number of allylic oxidation sites excluding steroid dienone is 5. The Hall–Kier alpha value is -1.31. The van der Waals surface area contributed by atoms with E-state index < -0.39 is 5.97 Å². The van der Waals surface area contributed by atoms with Crippen molar-refractivity contribution in [1.82, 2.24) is 0 Å². The molecule has 0 aliphatic rings. The van der Waals surface area contributed by atoms with Crippen molar-refractivity contribution in [3.63, 3.8) is 0 Å². The van der Waals surface area contributed by atoms with Gasteiger partial charge < -0.3 is 5.11 Å². The van der Waals surface area contributed by atoms with Crippen molar-refractivity contribution in [2.75, 3.05) is 0 Å². The molecule has 0 saturated carbocycles. The largest absolute Gasteiger partial charge is 0.478 e. The number of hydrogen-bond donors (Lipinski definition) is 1. The van der Waals surface area contributed by atoms with Gasteiger partial charge in [-0.15, -0.1) is 0 Å². The molecule has 0 unspecified atom stereocenters. The Morgan fingerprint density at radius 3 is 1.77 bits per heavy atom. The zero-order valence-corrected chi connectivity index (χ0v) is 14.3. The molecular weight excluding hydrogens is 272 g/mol. The van der Waals surface area contributed by atoms with Crippen LogP contribution in [0.3, 0.4) is 0 Å². The van der Waals surface area contributed by atoms with Crippen LogP contribution in [0.25, 0.3) is 0 Å². The molecule has 0 bridgehead atoms. The van der Waals surface area contributed by atoms with Crippen LogP contribution in [0.4, 0.5) is 0 Å². The molecule has 0 aromatic rings. The smallest absolute Gasteiger partial charge is 0.328 e. The minimum absolute atomic E-state index is 0.908. The van der Waals surface area contributed by atoms with Crippen molar-refractivity contribution in [3.8, 4) is 0 Å². The van der Waals surface area contributed by atoms with Crippen LogP contribution in [0.5, 0.6) is 0 Å². The number of carbonyl (C=O) groups is 1. The van der Waals surface area contributed by atoms with Crippen LogP contribution in [0, 0.1) is 0 Å². The number of unbranched alkanes of at least 4 members (excludes halogenated alkanes) is 11. The molecule has 0 radical (unpaired) electrons. The topological polar surface area (TPSA) is 37.3 Å². The fourth-order valence-electron chi connectivity index (χ4n) is 2.37. The molecule has 0 heterocycles. The summed E-state index contributed by atoms with van der Waals surface area (Å²) in [6.45, 7) is 2.27. The predicted octanol–water partition coefficient (Wildman–Crippen LogP) is 6.44. The summed E-state index contributed by atoms with van der Waals surface area (Å²) < 4.78 is 0. The second-order valence-corrected chi connectivity index (χ2v) is 5.83. The van der Waals surface area contributed by atoms with Crippen LogP contribution < -0.4 is 0 Å². The van der Waals surface area contributed by atoms with Crippen LogP contribution in [0.1, 0.15) is 84.0 Å². The summed E-state index contributed by atoms with van der Waals surface area (Å²) in [5, 5.41) is 8.40. The second-order valence-electron chi connectivity index (χ2n) is 5.83. The lowest BCUT2D eigenvalue weighted by molar-refractivity contribution is -0.131. The lowest BCUT2D eigenvalue weighted by Crippen LogP contribution is -1.84. The van der Waals surface area contributed by atoms with Crippen LogP contribution in [0.2, 0.25) is 0 Å². The molecule has 0 aromatic heterocycles. The van der Waals surface area contributed by atoms with E-state index in [9.17, 15) is 4.79 Å². The van der Waals surface area contributed by atoms with E-state index in [0.717, 1.165) is 12.5 Å². The zero-order valence-electron chi connectivity index (χ0n) is 14.3. The second kappa shape index (κ2) is 17.7. The molecule has 2 nitrogen and oxygen atoms in total. The molecule has 0 aromatic carbocycles. The number of hydrogen-bond acceptors (Lipinski definition) is 1. The molecule has 0 spiro atoms. The van der Waals surface area contributed by atoms with Crippen LogP contribution in [-0.4, -0.2) is 11.1 Å². The fraction of sp³-hybridized carbons (Fsp3) is 0.650. The lowest BCUT2D eigenvalue weighted by atomic mass is 10.1. The van der Waals surface area contributed by atoms with E-state index >= 15 is 0 Å². The minimum Gasteiger partial charge on any atom is -0.478 e. The Bertz CT molecular complexity index is 327. The molecule has 126 valence electrons. The molecular formula is C20H34O2. The van der Waals surface area contributed by atoms with Gasteiger partial charge in [-0.1, -0.05) is 102 Å². The molecule has 0 amide bonds. The van der Waals surface area contributed by atoms with Gasteiger partial charge in [-0.25, -0.2) is 4.79 Å². The normalized spacial score (nSPS) is 12.0. The molecule has 0 aliphatic heterocycles. The first-order valence-electron chi connectivity index (χ1n) is 9.00. The third-order valence-corrected chi connectivity index (χ3v) is 3.68. The summed E-state index contributed by atoms with van der Waals surface area (Å²) in [6.07, 6.45) is 26.7. The Morgan fingerprint density at radius 1 is 0.727 bits per heavy atom. The van der Waals surface area contributed by atoms with Gasteiger partial charge in [0.05, 0.1) is 0 Å². The standard InChI is InChI=1S/C20H34O2/c1-2-3-4-5-6-7-8-9-10-11-12-13-14-15-16-17-18-19-20(21)22/h14-19H,2-13H2,1H3,(H,21,22)/b15-14?,17-16?,19-18+. The van der Waals surface area contributed by atoms with Crippen molar-refractivity contribution in [2.24, 2.45) is 0 Å². The van der Waals surface area contributed by atoms with Gasteiger partial charge in [0.1, 0.15) is 0 Å². The van der Waals surface area contributed by atoms with E-state index in [0.29, 0.717) is 0 Å². The summed E-state index contributed by atoms with van der Waals surface area (Å²) in [5.74, 6) is -0.908. The van der Waals surface area contributed by atoms with Crippen molar-refractivity contribution >= 4 is 5.97 Å². The van der Waals surface area contributed by atoms with Gasteiger partial charge in [-0.3, -0.25) is 0 Å². The van der Waals surface area contributed by atoms with E-state index in [2.05, 4.69) is 13.0 Å². The van der Waals surface area contributed by atoms with Crippen molar-refractivity contribution in [3.05, 3.63) is 36.5 Å². The molecule has 2 heteroatoms. The van der Waals surface area contributed by atoms with Crippen molar-refractivity contribution in [2.45, 2.75) is 84.0 Å². The summed E-state index contributed by atoms with van der Waals surface area (Å²) in [4.78, 5) is 10.2. The molecule has 0 aliphatic carbocycles. The predicted molar refractivity (Wildman–Crippen MR) is 96.1 cm³/mol. The highest BCUT2D eigenvalue weighted by Gasteiger charge is 1.92. The first kappa shape index (κ1) is 20.7. The highest BCUT2D eigenvalue weighted by molar-refractivity contribution is 5.80. The van der Waals surface area contributed by atoms with E-state index in [4.69, 9.17) is 5.11 Å². The lowest BCUT2D eigenvalue weighted by Gasteiger charge is -2.01. The van der Waals surface area contributed by atoms with Gasteiger partial charge in [-0.2, -0.15) is 0 Å². The molecule has 0 fully saturated rings. The van der Waals surface area contributed by atoms with Crippen molar-refractivity contribution < 1.29 is 9.90 Å². The molecule has 0 rings (SSSR count). The quantitative estimate of drug-likeness (QED) is 0.215. The number of rotatable bonds is 15. The molecule has 0 saturated heterocycles. The van der Waals surface area contributed by atoms with Gasteiger partial charge in [0.25, 0.3) is 0 Å². The van der Waals surface area contributed by atoms with E-state index in [1.807, 2.05) is 12.2 Å². The maximum Gasteiger partial charge on any atom is 0.328 e. The SMILES string of the molecule is CCCCCCCCCCCCCC=CC=C/C=C/C(=O)O. The summed E-state index contributed by atoms with van der Waals surface area (Å²) in [5.41, 5.74) is 0. The highest BCUT2D eigenvalue weighted by atomic mass is 16.4. The van der Waals surface area contributed by atoms with Gasteiger partial charge in [0.2, 0.25) is 0 Å². The Kier molecular flexibility index (Phi) is 16.7. The first-order valence-corrected chi connectivity index (χ1v) is 9.00. The highest BCUT2D eigenvalue weighted by Crippen LogP contribution is 2.11. The number of carboxylic acid groups (broad SMARTS) is 1. The summed E-state index contributed by atoms with van der Waals surface area (Å²) >= 11 is 0. The van der Waals surface area contributed by atoms with Gasteiger partial charge >= 0.3 is 5.97 Å². The third kappa shape index (κ3) is 18.7. The fourth-order valence-corrected chi connectivity index (χ4v) is 2.37. The summed E-state index contributed by atoms with van der Waals surface area (Å²) in [6, 6.07) is 0. The van der Waals surface area contributed by atoms with E-state index in [1.165, 1.54) is 76.7 Å². The Morgan fingerprint density at radius 2 is 1.23 bits per heavy atom. The van der Waals surface area contributed by atoms with Gasteiger partial charge in [0, 0.05) is 6.08 Å². The molecule has 0 atom stereocenters. The van der Waals surface area contributed by atoms with Crippen LogP contribution in [-0.2, 0) is 4.79 Å². The molecule has 22 heavy (non-hydrogen) atoms. The maximum absolute atomic E-state index is 10.2. The minimum atomic E-state index is -0.908.